The molecule has 2 aromatic carbocycles. The highest BCUT2D eigenvalue weighted by atomic mass is 16.1. The van der Waals surface area contributed by atoms with E-state index < -0.39 is 0 Å². The second-order valence-corrected chi connectivity index (χ2v) is 7.81. The van der Waals surface area contributed by atoms with Gasteiger partial charge in [-0.15, -0.1) is 0 Å². The number of rotatable bonds is 4. The molecule has 5 N–H and O–H groups in total. The maximum absolute atomic E-state index is 13.2. The number of hydrogen-bond donors (Lipinski definition) is 3. The summed E-state index contributed by atoms with van der Waals surface area (Å²) in [6.07, 6.45) is 7.51. The lowest BCUT2D eigenvalue weighted by molar-refractivity contribution is -0.464. The van der Waals surface area contributed by atoms with Gasteiger partial charge in [-0.3, -0.25) is 20.5 Å². The summed E-state index contributed by atoms with van der Waals surface area (Å²) in [6, 6.07) is 15.4. The molecule has 154 valence electrons. The lowest BCUT2D eigenvalue weighted by Gasteiger charge is -2.07. The Kier molecular flexibility index (Phi) is 6.62. The highest BCUT2D eigenvalue weighted by Crippen LogP contribution is 2.27. The fraction of sp³-hybridized carbons (Fsp3) is 0.240. The van der Waals surface area contributed by atoms with E-state index in [4.69, 9.17) is 16.9 Å². The van der Waals surface area contributed by atoms with Crippen molar-refractivity contribution in [2.75, 3.05) is 14.1 Å². The highest BCUT2D eigenvalue weighted by Gasteiger charge is 2.19. The average molecular weight is 402 g/mol. The number of nitrogens with zero attached hydrogens (tertiary/aromatic N) is 1. The molecule has 0 radical (unpaired) electrons. The SMILES string of the molecule is C[N+](C)=C(N)c1ccc(C=C2CCCCC(=Cc3ccc(C(=N)N)cc3)C2=O)cc1. The standard InChI is InChI=1S/C25H28N4O/c1-29(2)25(28)20-13-9-18(10-14-20)16-22-6-4-3-5-21(23(22)30)15-17-7-11-19(12-8-17)24(26)27/h7-16,28H,3-6H2,1-2H3,(H3,26,27)/p+1. The van der Waals surface area contributed by atoms with Crippen LogP contribution in [0.3, 0.4) is 0 Å². The molecule has 1 aliphatic carbocycles. The topological polar surface area (TPSA) is 96.0 Å². The Hall–Kier alpha value is -3.47. The largest absolute Gasteiger partial charge is 0.384 e. The van der Waals surface area contributed by atoms with Crippen molar-refractivity contribution >= 4 is 29.6 Å². The smallest absolute Gasteiger partial charge is 0.274 e. The zero-order chi connectivity index (χ0) is 21.7. The summed E-state index contributed by atoms with van der Waals surface area (Å²) in [6.45, 7) is 0. The molecular formula is C25H29N4O+. The van der Waals surface area contributed by atoms with Gasteiger partial charge in [0.15, 0.2) is 5.78 Å². The van der Waals surface area contributed by atoms with Crippen LogP contribution in [0.5, 0.6) is 0 Å². The van der Waals surface area contributed by atoms with Crippen LogP contribution in [0.25, 0.3) is 12.2 Å². The van der Waals surface area contributed by atoms with Crippen molar-refractivity contribution in [3.8, 4) is 0 Å². The molecule has 0 bridgehead atoms. The molecule has 5 heteroatoms. The van der Waals surface area contributed by atoms with Crippen molar-refractivity contribution < 1.29 is 9.37 Å². The van der Waals surface area contributed by atoms with Gasteiger partial charge in [0.1, 0.15) is 5.84 Å². The Morgan fingerprint density at radius 3 is 1.67 bits per heavy atom. The predicted octanol–water partition coefficient (Wildman–Crippen LogP) is 3.56. The van der Waals surface area contributed by atoms with E-state index in [9.17, 15) is 4.79 Å². The van der Waals surface area contributed by atoms with Crippen molar-refractivity contribution in [2.24, 2.45) is 11.5 Å². The molecule has 0 aliphatic heterocycles. The first-order valence-corrected chi connectivity index (χ1v) is 10.2. The van der Waals surface area contributed by atoms with Gasteiger partial charge in [0.05, 0.1) is 19.7 Å². The molecule has 0 amide bonds. The minimum atomic E-state index is 0.0425. The number of nitrogens with one attached hydrogen (secondary N) is 1. The third kappa shape index (κ3) is 5.11. The molecule has 0 spiro atoms. The van der Waals surface area contributed by atoms with Crippen molar-refractivity contribution in [1.82, 2.24) is 0 Å². The number of amidine groups is 2. The van der Waals surface area contributed by atoms with Crippen LogP contribution in [0, 0.1) is 5.41 Å². The van der Waals surface area contributed by atoms with Gasteiger partial charge in [0.25, 0.3) is 5.84 Å². The number of benzene rings is 2. The van der Waals surface area contributed by atoms with E-state index >= 15 is 0 Å². The average Bonchev–Trinajstić information content (AvgIpc) is 2.90. The number of carbonyl (C=O) groups excluding carboxylic acids is 1. The molecule has 0 unspecified atom stereocenters. The summed E-state index contributed by atoms with van der Waals surface area (Å²) in [5.74, 6) is 0.869. The van der Waals surface area contributed by atoms with Crippen molar-refractivity contribution in [1.29, 1.82) is 5.41 Å². The number of carbonyl (C=O) groups is 1. The van der Waals surface area contributed by atoms with Gasteiger partial charge < -0.3 is 5.73 Å². The van der Waals surface area contributed by atoms with Crippen LogP contribution in [-0.4, -0.2) is 36.1 Å². The Morgan fingerprint density at radius 1 is 0.833 bits per heavy atom. The first-order valence-electron chi connectivity index (χ1n) is 10.2. The normalized spacial score (nSPS) is 17.1. The molecule has 0 saturated heterocycles. The number of Topliss-reactive ketones (excluding diaryl/α,β-unsaturated/α-hetero) is 1. The van der Waals surface area contributed by atoms with Crippen LogP contribution in [0.1, 0.15) is 47.9 Å². The third-order valence-corrected chi connectivity index (χ3v) is 5.32. The molecule has 2 aromatic rings. The van der Waals surface area contributed by atoms with E-state index in [0.717, 1.165) is 53.5 Å². The fourth-order valence-electron chi connectivity index (χ4n) is 3.51. The molecule has 1 saturated carbocycles. The first-order chi connectivity index (χ1) is 14.3. The van der Waals surface area contributed by atoms with Crippen LogP contribution in [0.2, 0.25) is 0 Å². The van der Waals surface area contributed by atoms with E-state index in [1.54, 1.807) is 0 Å². The van der Waals surface area contributed by atoms with E-state index in [1.807, 2.05) is 79.4 Å². The van der Waals surface area contributed by atoms with Gasteiger partial charge >= 0.3 is 0 Å². The summed E-state index contributed by atoms with van der Waals surface area (Å²) in [5, 5.41) is 7.50. The minimum absolute atomic E-state index is 0.0425. The second-order valence-electron chi connectivity index (χ2n) is 7.81. The van der Waals surface area contributed by atoms with Crippen molar-refractivity contribution in [3.63, 3.8) is 0 Å². The summed E-state index contributed by atoms with van der Waals surface area (Å²) < 4.78 is 1.88. The summed E-state index contributed by atoms with van der Waals surface area (Å²) >= 11 is 0. The van der Waals surface area contributed by atoms with E-state index in [-0.39, 0.29) is 11.6 Å². The number of hydrogen-bond acceptors (Lipinski definition) is 2. The Bertz CT molecular complexity index is 1040. The molecule has 0 atom stereocenters. The van der Waals surface area contributed by atoms with Gasteiger partial charge in [-0.25, -0.2) is 0 Å². The Balaban J connectivity index is 1.86. The van der Waals surface area contributed by atoms with Crippen LogP contribution in [-0.2, 0) is 4.79 Å². The monoisotopic (exact) mass is 401 g/mol. The van der Waals surface area contributed by atoms with E-state index in [2.05, 4.69) is 0 Å². The summed E-state index contributed by atoms with van der Waals surface area (Å²) in [5.41, 5.74) is 16.9. The van der Waals surface area contributed by atoms with Crippen LogP contribution >= 0.6 is 0 Å². The van der Waals surface area contributed by atoms with Crippen LogP contribution in [0.4, 0.5) is 0 Å². The molecule has 1 aliphatic rings. The second kappa shape index (κ2) is 9.35. The van der Waals surface area contributed by atoms with Gasteiger partial charge in [-0.05, 0) is 61.1 Å². The zero-order valence-corrected chi connectivity index (χ0v) is 17.6. The van der Waals surface area contributed by atoms with Crippen LogP contribution < -0.4 is 11.5 Å². The number of ketones is 1. The molecule has 0 aromatic heterocycles. The molecule has 5 nitrogen and oxygen atoms in total. The molecule has 30 heavy (non-hydrogen) atoms. The first kappa shape index (κ1) is 21.2. The van der Waals surface area contributed by atoms with Gasteiger partial charge in [-0.2, -0.15) is 0 Å². The quantitative estimate of drug-likeness (QED) is 0.240. The van der Waals surface area contributed by atoms with E-state index in [1.165, 1.54) is 0 Å². The Labute approximate surface area is 177 Å². The van der Waals surface area contributed by atoms with Crippen LogP contribution in [0.15, 0.2) is 59.7 Å². The summed E-state index contributed by atoms with van der Waals surface area (Å²) in [7, 11) is 3.83. The number of allylic oxidation sites excluding steroid dienone is 2. The molecular weight excluding hydrogens is 372 g/mol. The van der Waals surface area contributed by atoms with Crippen molar-refractivity contribution in [3.05, 3.63) is 81.9 Å². The van der Waals surface area contributed by atoms with Gasteiger partial charge in [0.2, 0.25) is 0 Å². The van der Waals surface area contributed by atoms with Crippen molar-refractivity contribution in [2.45, 2.75) is 25.7 Å². The predicted molar refractivity (Wildman–Crippen MR) is 124 cm³/mol. The lowest BCUT2D eigenvalue weighted by Crippen LogP contribution is -2.23. The maximum Gasteiger partial charge on any atom is 0.274 e. The van der Waals surface area contributed by atoms with E-state index in [0.29, 0.717) is 11.4 Å². The highest BCUT2D eigenvalue weighted by molar-refractivity contribution is 6.13. The number of nitrogen functional groups attached to an aromatic ring is 1. The molecule has 3 rings (SSSR count). The fourth-order valence-corrected chi connectivity index (χ4v) is 3.51. The molecule has 1 fully saturated rings. The Morgan fingerprint density at radius 2 is 1.27 bits per heavy atom. The molecule has 0 heterocycles. The zero-order valence-electron chi connectivity index (χ0n) is 17.6. The minimum Gasteiger partial charge on any atom is -0.384 e. The van der Waals surface area contributed by atoms with Gasteiger partial charge in [0, 0.05) is 16.7 Å². The van der Waals surface area contributed by atoms with Gasteiger partial charge in [-0.1, -0.05) is 36.4 Å². The maximum atomic E-state index is 13.2. The third-order valence-electron chi connectivity index (χ3n) is 5.32. The summed E-state index contributed by atoms with van der Waals surface area (Å²) in [4.78, 5) is 13.2. The number of nitrogens with two attached hydrogens (primary N) is 2. The lowest BCUT2D eigenvalue weighted by atomic mass is 9.97.